The highest BCUT2D eigenvalue weighted by Crippen LogP contribution is 2.50. The first kappa shape index (κ1) is 13.7. The van der Waals surface area contributed by atoms with Crippen LogP contribution < -0.4 is 4.52 Å². The molecule has 4 nitrogen and oxygen atoms in total. The van der Waals surface area contributed by atoms with Gasteiger partial charge in [0.1, 0.15) is 5.75 Å². The predicted octanol–water partition coefficient (Wildman–Crippen LogP) is 3.45. The van der Waals surface area contributed by atoms with E-state index in [4.69, 9.17) is 9.79 Å². The number of benzene rings is 1. The number of para-hydroxylation sites is 1. The van der Waals surface area contributed by atoms with Crippen LogP contribution in [-0.4, -0.2) is 9.79 Å². The van der Waals surface area contributed by atoms with Crippen molar-refractivity contribution < 1.29 is 18.9 Å². The second-order valence-corrected chi connectivity index (χ2v) is 10.5. The van der Waals surface area contributed by atoms with E-state index in [2.05, 4.69) is 52.3 Å². The summed E-state index contributed by atoms with van der Waals surface area (Å²) in [5.41, 5.74) is 0.522. The fourth-order valence-electron chi connectivity index (χ4n) is 0.909. The zero-order valence-electron chi connectivity index (χ0n) is 7.10. The van der Waals surface area contributed by atoms with Crippen molar-refractivity contribution >= 4 is 55.6 Å². The first-order chi connectivity index (χ1) is 6.70. The molecule has 0 spiro atoms. The molecule has 0 fully saturated rings. The average molecular weight is 425 g/mol. The van der Waals surface area contributed by atoms with Crippen LogP contribution >= 0.6 is 55.6 Å². The van der Waals surface area contributed by atoms with Gasteiger partial charge < -0.3 is 4.52 Å². The Balaban J connectivity index is 3.14. The number of phosphoric acid groups is 1. The lowest BCUT2D eigenvalue weighted by Crippen LogP contribution is -2.02. The highest BCUT2D eigenvalue weighted by atomic mass is 80.0. The van der Waals surface area contributed by atoms with E-state index in [0.717, 1.165) is 0 Å². The van der Waals surface area contributed by atoms with Crippen LogP contribution in [0.3, 0.4) is 0 Å². The maximum absolute atomic E-state index is 10.7. The molecular formula is C7H6Br3O4P. The van der Waals surface area contributed by atoms with Gasteiger partial charge in [-0.3, -0.25) is 9.79 Å². The molecule has 1 rings (SSSR count). The van der Waals surface area contributed by atoms with Crippen LogP contribution in [0.1, 0.15) is 5.56 Å². The summed E-state index contributed by atoms with van der Waals surface area (Å²) in [5, 5.41) is 0. The second-order valence-electron chi connectivity index (χ2n) is 2.58. The van der Waals surface area contributed by atoms with Crippen LogP contribution in [0.25, 0.3) is 0 Å². The fourth-order valence-corrected chi connectivity index (χ4v) is 2.31. The Morgan fingerprint density at radius 2 is 1.73 bits per heavy atom. The number of hydrogen-bond donors (Lipinski definition) is 2. The van der Waals surface area contributed by atoms with Crippen LogP contribution in [-0.2, 0) is 6.71 Å². The summed E-state index contributed by atoms with van der Waals surface area (Å²) in [6, 6.07) is 6.46. The molecule has 2 N–H and O–H groups in total. The zero-order chi connectivity index (χ0) is 11.7. The highest BCUT2D eigenvalue weighted by molar-refractivity contribution is 9.38. The average Bonchev–Trinajstić information content (AvgIpc) is 1.99. The van der Waals surface area contributed by atoms with Crippen molar-refractivity contribution in [2.75, 3.05) is 0 Å². The lowest BCUT2D eigenvalue weighted by atomic mass is 10.2. The molecule has 0 amide bonds. The van der Waals surface area contributed by atoms with Gasteiger partial charge in [-0.1, -0.05) is 66.0 Å². The Labute approximate surface area is 112 Å². The first-order valence-electron chi connectivity index (χ1n) is 3.61. The van der Waals surface area contributed by atoms with Gasteiger partial charge in [0.2, 0.25) is 0 Å². The molecule has 0 aliphatic rings. The summed E-state index contributed by atoms with van der Waals surface area (Å²) in [6.07, 6.45) is 0. The highest BCUT2D eigenvalue weighted by Gasteiger charge is 2.28. The van der Waals surface area contributed by atoms with Gasteiger partial charge in [0, 0.05) is 5.56 Å². The van der Waals surface area contributed by atoms with Gasteiger partial charge in [-0.25, -0.2) is 4.57 Å². The molecule has 8 heteroatoms. The molecule has 0 aliphatic heterocycles. The van der Waals surface area contributed by atoms with Crippen molar-refractivity contribution in [2.24, 2.45) is 0 Å². The number of halogens is 3. The van der Waals surface area contributed by atoms with E-state index < -0.39 is 9.97 Å². The van der Waals surface area contributed by atoms with Gasteiger partial charge in [0.15, 0.2) is 2.14 Å². The quantitative estimate of drug-likeness (QED) is 0.563. The SMILES string of the molecule is O=P(O)(O)Oc1ccccc1C(Br)(Br)Br. The predicted molar refractivity (Wildman–Crippen MR) is 67.6 cm³/mol. The summed E-state index contributed by atoms with van der Waals surface area (Å²) < 4.78 is 14.5. The van der Waals surface area contributed by atoms with Crippen molar-refractivity contribution in [2.45, 2.75) is 2.14 Å². The molecule has 15 heavy (non-hydrogen) atoms. The van der Waals surface area contributed by atoms with E-state index >= 15 is 0 Å². The third kappa shape index (κ3) is 4.54. The van der Waals surface area contributed by atoms with Gasteiger partial charge in [-0.15, -0.1) is 0 Å². The minimum Gasteiger partial charge on any atom is -0.404 e. The van der Waals surface area contributed by atoms with Crippen molar-refractivity contribution in [3.63, 3.8) is 0 Å². The smallest absolute Gasteiger partial charge is 0.404 e. The molecule has 0 atom stereocenters. The summed E-state index contributed by atoms with van der Waals surface area (Å²) in [7, 11) is -4.55. The lowest BCUT2D eigenvalue weighted by molar-refractivity contribution is 0.282. The summed E-state index contributed by atoms with van der Waals surface area (Å²) in [6.45, 7) is 0. The standard InChI is InChI=1S/C7H6Br3O4P/c8-7(9,10)5-3-1-2-4-6(5)14-15(11,12)13/h1-4H,(H2,11,12,13). The van der Waals surface area contributed by atoms with E-state index in [1.54, 1.807) is 18.2 Å². The monoisotopic (exact) mass is 422 g/mol. The Bertz CT molecular complexity index is 397. The topological polar surface area (TPSA) is 66.8 Å². The van der Waals surface area contributed by atoms with Gasteiger partial charge in [-0.05, 0) is 6.07 Å². The molecular weight excluding hydrogens is 419 g/mol. The van der Waals surface area contributed by atoms with Gasteiger partial charge in [0.25, 0.3) is 0 Å². The second kappa shape index (κ2) is 4.85. The van der Waals surface area contributed by atoms with E-state index in [9.17, 15) is 4.57 Å². The van der Waals surface area contributed by atoms with Gasteiger partial charge in [0.05, 0.1) is 0 Å². The maximum atomic E-state index is 10.7. The van der Waals surface area contributed by atoms with Crippen molar-refractivity contribution in [1.82, 2.24) is 0 Å². The van der Waals surface area contributed by atoms with Crippen molar-refractivity contribution in [3.8, 4) is 5.75 Å². The molecule has 84 valence electrons. The minimum atomic E-state index is -4.55. The van der Waals surface area contributed by atoms with Gasteiger partial charge >= 0.3 is 7.82 Å². The molecule has 1 aromatic rings. The third-order valence-electron chi connectivity index (χ3n) is 1.41. The van der Waals surface area contributed by atoms with Crippen LogP contribution in [0.15, 0.2) is 24.3 Å². The molecule has 0 aliphatic carbocycles. The summed E-state index contributed by atoms with van der Waals surface area (Å²) in [4.78, 5) is 17.4. The number of alkyl halides is 3. The normalized spacial score (nSPS) is 12.6. The molecule has 1 aromatic carbocycles. The van der Waals surface area contributed by atoms with Crippen LogP contribution in [0.4, 0.5) is 0 Å². The van der Waals surface area contributed by atoms with Crippen molar-refractivity contribution in [3.05, 3.63) is 29.8 Å². The summed E-state index contributed by atoms with van der Waals surface area (Å²) in [5.74, 6) is 0.0939. The minimum absolute atomic E-state index is 0.0939. The molecule has 0 saturated carbocycles. The molecule has 0 bridgehead atoms. The van der Waals surface area contributed by atoms with E-state index in [1.165, 1.54) is 6.07 Å². The van der Waals surface area contributed by atoms with Crippen LogP contribution in [0.5, 0.6) is 5.75 Å². The van der Waals surface area contributed by atoms with Gasteiger partial charge in [-0.2, -0.15) is 0 Å². The molecule has 0 heterocycles. The Morgan fingerprint density at radius 3 is 2.20 bits per heavy atom. The number of hydrogen-bond acceptors (Lipinski definition) is 2. The Morgan fingerprint density at radius 1 is 1.20 bits per heavy atom. The molecule has 0 aromatic heterocycles. The van der Waals surface area contributed by atoms with Crippen molar-refractivity contribution in [1.29, 1.82) is 0 Å². The largest absolute Gasteiger partial charge is 0.524 e. The Hall–Kier alpha value is 0.610. The third-order valence-corrected chi connectivity index (χ3v) is 3.13. The van der Waals surface area contributed by atoms with Crippen LogP contribution in [0.2, 0.25) is 0 Å². The van der Waals surface area contributed by atoms with E-state index in [0.29, 0.717) is 5.56 Å². The Kier molecular flexibility index (Phi) is 4.43. The fraction of sp³-hybridized carbons (Fsp3) is 0.143. The number of phosphoric ester groups is 1. The molecule has 0 unspecified atom stereocenters. The van der Waals surface area contributed by atoms with E-state index in [-0.39, 0.29) is 5.75 Å². The summed E-state index contributed by atoms with van der Waals surface area (Å²) >= 11 is 9.74. The van der Waals surface area contributed by atoms with Crippen LogP contribution in [0, 0.1) is 0 Å². The lowest BCUT2D eigenvalue weighted by Gasteiger charge is -2.17. The number of rotatable bonds is 2. The molecule has 0 saturated heterocycles. The first-order valence-corrected chi connectivity index (χ1v) is 7.52. The molecule has 0 radical (unpaired) electrons. The zero-order valence-corrected chi connectivity index (χ0v) is 12.8. The maximum Gasteiger partial charge on any atom is 0.524 e. The van der Waals surface area contributed by atoms with E-state index in [1.807, 2.05) is 0 Å².